The largest absolute Gasteiger partial charge is 0.464 e. The summed E-state index contributed by atoms with van der Waals surface area (Å²) >= 11 is 0. The van der Waals surface area contributed by atoms with Crippen molar-refractivity contribution in [3.63, 3.8) is 0 Å². The maximum absolute atomic E-state index is 12.3. The number of aliphatic hydroxyl groups excluding tert-OH is 1. The zero-order chi connectivity index (χ0) is 21.5. The van der Waals surface area contributed by atoms with Crippen molar-refractivity contribution in [1.82, 2.24) is 4.90 Å². The molecule has 0 radical (unpaired) electrons. The molecule has 0 spiro atoms. The SMILES string of the molecule is CCOC(=O)C(C(O)/C=C/c1ccc([N+](=O)[O-])cc1)N(C)C(=O)OC(C)(C)C. The number of hydrogen-bond acceptors (Lipinski definition) is 7. The number of nitrogens with zero attached hydrogens (tertiary/aromatic N) is 2. The van der Waals surface area contributed by atoms with Crippen molar-refractivity contribution in [3.8, 4) is 0 Å². The normalized spacial score (nSPS) is 13.6. The van der Waals surface area contributed by atoms with Crippen molar-refractivity contribution in [1.29, 1.82) is 0 Å². The maximum Gasteiger partial charge on any atom is 0.410 e. The second-order valence-corrected chi connectivity index (χ2v) is 6.99. The fourth-order valence-electron chi connectivity index (χ4n) is 2.22. The average molecular weight is 394 g/mol. The fourth-order valence-corrected chi connectivity index (χ4v) is 2.22. The van der Waals surface area contributed by atoms with Gasteiger partial charge in [0.2, 0.25) is 0 Å². The summed E-state index contributed by atoms with van der Waals surface area (Å²) < 4.78 is 10.2. The van der Waals surface area contributed by atoms with E-state index in [4.69, 9.17) is 9.47 Å². The molecule has 28 heavy (non-hydrogen) atoms. The van der Waals surface area contributed by atoms with E-state index in [-0.39, 0.29) is 12.3 Å². The molecule has 0 aliphatic heterocycles. The summed E-state index contributed by atoms with van der Waals surface area (Å²) in [5.74, 6) is -0.781. The molecular formula is C19H26N2O7. The minimum atomic E-state index is -1.38. The molecule has 1 aromatic rings. The van der Waals surface area contributed by atoms with E-state index in [0.717, 1.165) is 4.90 Å². The minimum absolute atomic E-state index is 0.0632. The molecule has 1 aromatic carbocycles. The first-order chi connectivity index (χ1) is 13.0. The number of non-ortho nitro benzene ring substituents is 1. The van der Waals surface area contributed by atoms with Crippen LogP contribution in [-0.4, -0.2) is 58.4 Å². The lowest BCUT2D eigenvalue weighted by molar-refractivity contribution is -0.384. The van der Waals surface area contributed by atoms with Crippen molar-refractivity contribution in [2.75, 3.05) is 13.7 Å². The summed E-state index contributed by atoms with van der Waals surface area (Å²) in [6, 6.07) is 4.32. The van der Waals surface area contributed by atoms with Gasteiger partial charge in [0.15, 0.2) is 6.04 Å². The topological polar surface area (TPSA) is 119 Å². The molecule has 2 atom stereocenters. The number of hydrogen-bond donors (Lipinski definition) is 1. The number of carbonyl (C=O) groups is 2. The molecule has 0 aliphatic carbocycles. The Morgan fingerprint density at radius 3 is 2.32 bits per heavy atom. The van der Waals surface area contributed by atoms with E-state index in [1.807, 2.05) is 0 Å². The number of nitro groups is 1. The van der Waals surface area contributed by atoms with Gasteiger partial charge in [0, 0.05) is 19.2 Å². The van der Waals surface area contributed by atoms with Gasteiger partial charge in [-0.2, -0.15) is 0 Å². The lowest BCUT2D eigenvalue weighted by atomic mass is 10.1. The molecule has 0 bridgehead atoms. The first kappa shape index (κ1) is 23.1. The molecule has 1 rings (SSSR count). The second kappa shape index (κ2) is 9.84. The van der Waals surface area contributed by atoms with Gasteiger partial charge < -0.3 is 14.6 Å². The third-order valence-electron chi connectivity index (χ3n) is 3.54. The molecule has 154 valence electrons. The van der Waals surface area contributed by atoms with Crippen LogP contribution in [0.1, 0.15) is 33.3 Å². The highest BCUT2D eigenvalue weighted by atomic mass is 16.6. The van der Waals surface area contributed by atoms with Crippen LogP contribution in [0.3, 0.4) is 0 Å². The highest BCUT2D eigenvalue weighted by molar-refractivity contribution is 5.82. The Morgan fingerprint density at radius 2 is 1.86 bits per heavy atom. The summed E-state index contributed by atoms with van der Waals surface area (Å²) in [6.45, 7) is 6.74. The number of carbonyl (C=O) groups excluding carboxylic acids is 2. The Bertz CT molecular complexity index is 723. The van der Waals surface area contributed by atoms with E-state index < -0.39 is 34.7 Å². The maximum atomic E-state index is 12.3. The summed E-state index contributed by atoms with van der Waals surface area (Å²) in [6.07, 6.45) is 0.632. The molecule has 1 N–H and O–H groups in total. The van der Waals surface area contributed by atoms with E-state index in [1.165, 1.54) is 43.5 Å². The van der Waals surface area contributed by atoms with Crippen molar-refractivity contribution in [2.24, 2.45) is 0 Å². The van der Waals surface area contributed by atoms with Crippen LogP contribution in [0.15, 0.2) is 30.3 Å². The van der Waals surface area contributed by atoms with Crippen LogP contribution in [0.4, 0.5) is 10.5 Å². The molecule has 0 heterocycles. The number of aliphatic hydroxyl groups is 1. The van der Waals surface area contributed by atoms with Crippen molar-refractivity contribution in [3.05, 3.63) is 46.0 Å². The molecule has 0 aromatic heterocycles. The van der Waals surface area contributed by atoms with Gasteiger partial charge in [-0.1, -0.05) is 12.2 Å². The monoisotopic (exact) mass is 394 g/mol. The fraction of sp³-hybridized carbons (Fsp3) is 0.474. The van der Waals surface area contributed by atoms with Crippen LogP contribution in [-0.2, 0) is 14.3 Å². The van der Waals surface area contributed by atoms with Crippen molar-refractivity contribution in [2.45, 2.75) is 45.4 Å². The number of nitro benzene ring substituents is 1. The number of benzene rings is 1. The number of rotatable bonds is 7. The summed E-state index contributed by atoms with van der Waals surface area (Å²) in [7, 11) is 1.33. The average Bonchev–Trinajstić information content (AvgIpc) is 2.59. The molecule has 0 aliphatic rings. The quantitative estimate of drug-likeness (QED) is 0.429. The predicted molar refractivity (Wildman–Crippen MR) is 103 cm³/mol. The number of esters is 1. The molecule has 0 saturated heterocycles. The highest BCUT2D eigenvalue weighted by Gasteiger charge is 2.35. The van der Waals surface area contributed by atoms with Crippen LogP contribution in [0, 0.1) is 10.1 Å². The minimum Gasteiger partial charge on any atom is -0.464 e. The zero-order valence-corrected chi connectivity index (χ0v) is 16.6. The van der Waals surface area contributed by atoms with Crippen molar-refractivity contribution < 1.29 is 29.1 Å². The summed E-state index contributed by atoms with van der Waals surface area (Å²) in [4.78, 5) is 35.7. The summed E-state index contributed by atoms with van der Waals surface area (Å²) in [5.41, 5.74) is -0.261. The Kier molecular flexibility index (Phi) is 8.12. The molecule has 9 nitrogen and oxygen atoms in total. The number of ether oxygens (including phenoxy) is 2. The molecule has 2 unspecified atom stereocenters. The van der Waals surface area contributed by atoms with Crippen LogP contribution < -0.4 is 0 Å². The van der Waals surface area contributed by atoms with Crippen LogP contribution >= 0.6 is 0 Å². The smallest absolute Gasteiger partial charge is 0.410 e. The third kappa shape index (κ3) is 6.99. The van der Waals surface area contributed by atoms with Gasteiger partial charge in [0.1, 0.15) is 11.7 Å². The Morgan fingerprint density at radius 1 is 1.29 bits per heavy atom. The number of amides is 1. The summed E-state index contributed by atoms with van der Waals surface area (Å²) in [5, 5.41) is 21.2. The first-order valence-electron chi connectivity index (χ1n) is 8.69. The van der Waals surface area contributed by atoms with Gasteiger partial charge in [-0.25, -0.2) is 9.59 Å². The van der Waals surface area contributed by atoms with Crippen molar-refractivity contribution >= 4 is 23.8 Å². The predicted octanol–water partition coefficient (Wildman–Crippen LogP) is 2.77. The zero-order valence-electron chi connectivity index (χ0n) is 16.6. The van der Waals surface area contributed by atoms with E-state index in [0.29, 0.717) is 5.56 Å². The van der Waals surface area contributed by atoms with Gasteiger partial charge in [-0.05, 0) is 45.4 Å². The standard InChI is InChI=1S/C19H26N2O7/c1-6-27-17(23)16(20(5)18(24)28-19(2,3)4)15(22)12-9-13-7-10-14(11-8-13)21(25)26/h7-12,15-16,22H,6H2,1-5H3/b12-9+. The van der Waals surface area contributed by atoms with E-state index >= 15 is 0 Å². The van der Waals surface area contributed by atoms with E-state index in [2.05, 4.69) is 0 Å². The third-order valence-corrected chi connectivity index (χ3v) is 3.54. The molecule has 1 amide bonds. The van der Waals surface area contributed by atoms with Crippen LogP contribution in [0.25, 0.3) is 6.08 Å². The lowest BCUT2D eigenvalue weighted by Gasteiger charge is -2.31. The van der Waals surface area contributed by atoms with Crippen LogP contribution in [0.5, 0.6) is 0 Å². The second-order valence-electron chi connectivity index (χ2n) is 6.99. The molecular weight excluding hydrogens is 368 g/mol. The molecule has 0 fully saturated rings. The molecule has 9 heteroatoms. The Hall–Kier alpha value is -2.94. The van der Waals surface area contributed by atoms with E-state index in [9.17, 15) is 24.8 Å². The number of likely N-dealkylation sites (N-methyl/N-ethyl adjacent to an activating group) is 1. The van der Waals surface area contributed by atoms with Crippen LogP contribution in [0.2, 0.25) is 0 Å². The highest BCUT2D eigenvalue weighted by Crippen LogP contribution is 2.16. The Labute approximate surface area is 163 Å². The Balaban J connectivity index is 3.01. The lowest BCUT2D eigenvalue weighted by Crippen LogP contribution is -2.51. The van der Waals surface area contributed by atoms with Gasteiger partial charge in [-0.3, -0.25) is 15.0 Å². The van der Waals surface area contributed by atoms with Gasteiger partial charge >= 0.3 is 12.1 Å². The van der Waals surface area contributed by atoms with Gasteiger partial charge in [0.25, 0.3) is 5.69 Å². The first-order valence-corrected chi connectivity index (χ1v) is 8.69. The van der Waals surface area contributed by atoms with E-state index in [1.54, 1.807) is 27.7 Å². The van der Waals surface area contributed by atoms with Gasteiger partial charge in [0.05, 0.1) is 11.5 Å². The molecule has 0 saturated carbocycles. The van der Waals surface area contributed by atoms with Gasteiger partial charge in [-0.15, -0.1) is 0 Å².